The highest BCUT2D eigenvalue weighted by molar-refractivity contribution is 6.32. The van der Waals surface area contributed by atoms with Crippen LogP contribution in [0.25, 0.3) is 22.2 Å². The SMILES string of the molecule is COCOc1ccccc1-c1cc2cc(C(F)F)c(Cl)cc2nn1. The van der Waals surface area contributed by atoms with Gasteiger partial charge in [0, 0.05) is 23.6 Å². The summed E-state index contributed by atoms with van der Waals surface area (Å²) in [6, 6.07) is 11.6. The second-order valence-corrected chi connectivity index (χ2v) is 5.42. The number of aromatic nitrogens is 2. The van der Waals surface area contributed by atoms with Gasteiger partial charge in [0.1, 0.15) is 5.75 Å². The van der Waals surface area contributed by atoms with Crippen molar-refractivity contribution in [2.45, 2.75) is 6.43 Å². The van der Waals surface area contributed by atoms with Crippen LogP contribution < -0.4 is 4.74 Å². The van der Waals surface area contributed by atoms with Crippen LogP contribution in [-0.4, -0.2) is 24.1 Å². The number of rotatable bonds is 5. The molecule has 0 radical (unpaired) electrons. The van der Waals surface area contributed by atoms with Crippen molar-refractivity contribution >= 4 is 22.5 Å². The summed E-state index contributed by atoms with van der Waals surface area (Å²) >= 11 is 5.86. The second kappa shape index (κ2) is 7.07. The third kappa shape index (κ3) is 3.29. The maximum Gasteiger partial charge on any atom is 0.265 e. The Balaban J connectivity index is 2.09. The van der Waals surface area contributed by atoms with Gasteiger partial charge in [0.25, 0.3) is 6.43 Å². The number of hydrogen-bond acceptors (Lipinski definition) is 4. The molecule has 0 spiro atoms. The van der Waals surface area contributed by atoms with Gasteiger partial charge in [0.15, 0.2) is 6.79 Å². The summed E-state index contributed by atoms with van der Waals surface area (Å²) in [7, 11) is 1.52. The molecule has 0 unspecified atom stereocenters. The Kier molecular flexibility index (Phi) is 4.87. The van der Waals surface area contributed by atoms with Gasteiger partial charge < -0.3 is 9.47 Å². The number of methoxy groups -OCH3 is 1. The lowest BCUT2D eigenvalue weighted by molar-refractivity contribution is 0.0515. The van der Waals surface area contributed by atoms with Gasteiger partial charge in [-0.15, -0.1) is 10.2 Å². The van der Waals surface area contributed by atoms with Crippen LogP contribution in [0.5, 0.6) is 5.75 Å². The molecule has 1 heterocycles. The highest BCUT2D eigenvalue weighted by Crippen LogP contribution is 2.33. The standard InChI is InChI=1S/C17H13ClF2N2O2/c1-23-9-24-16-5-3-2-4-11(16)15-7-10-6-12(17(19)20)13(18)8-14(10)21-22-15/h2-8,17H,9H2,1H3. The summed E-state index contributed by atoms with van der Waals surface area (Å²) in [5.41, 5.74) is 1.42. The first-order chi connectivity index (χ1) is 11.6. The predicted octanol–water partition coefficient (Wildman–Crippen LogP) is 4.87. The zero-order valence-corrected chi connectivity index (χ0v) is 13.4. The maximum absolute atomic E-state index is 13.0. The molecule has 0 amide bonds. The zero-order chi connectivity index (χ0) is 17.1. The first kappa shape index (κ1) is 16.5. The molecule has 0 fully saturated rings. The van der Waals surface area contributed by atoms with Crippen LogP contribution >= 0.6 is 11.6 Å². The summed E-state index contributed by atoms with van der Waals surface area (Å²) < 4.78 is 36.5. The van der Waals surface area contributed by atoms with Gasteiger partial charge in [0.2, 0.25) is 0 Å². The highest BCUT2D eigenvalue weighted by atomic mass is 35.5. The second-order valence-electron chi connectivity index (χ2n) is 5.01. The summed E-state index contributed by atoms with van der Waals surface area (Å²) in [6.07, 6.45) is -2.66. The third-order valence-corrected chi connectivity index (χ3v) is 3.76. The van der Waals surface area contributed by atoms with Gasteiger partial charge in [-0.2, -0.15) is 0 Å². The van der Waals surface area contributed by atoms with Crippen LogP contribution in [0.15, 0.2) is 42.5 Å². The van der Waals surface area contributed by atoms with Crippen molar-refractivity contribution in [2.75, 3.05) is 13.9 Å². The number of alkyl halides is 2. The molecular weight excluding hydrogens is 338 g/mol. The molecule has 124 valence electrons. The van der Waals surface area contributed by atoms with Gasteiger partial charge >= 0.3 is 0 Å². The van der Waals surface area contributed by atoms with Crippen molar-refractivity contribution in [1.82, 2.24) is 10.2 Å². The minimum Gasteiger partial charge on any atom is -0.467 e. The molecule has 24 heavy (non-hydrogen) atoms. The monoisotopic (exact) mass is 350 g/mol. The van der Waals surface area contributed by atoms with E-state index in [-0.39, 0.29) is 17.4 Å². The van der Waals surface area contributed by atoms with Crippen LogP contribution in [0.1, 0.15) is 12.0 Å². The topological polar surface area (TPSA) is 44.2 Å². The number of ether oxygens (including phenoxy) is 2. The fourth-order valence-corrected chi connectivity index (χ4v) is 2.55. The van der Waals surface area contributed by atoms with Gasteiger partial charge in [-0.1, -0.05) is 23.7 Å². The van der Waals surface area contributed by atoms with Crippen LogP contribution in [0.4, 0.5) is 8.78 Å². The number of halogens is 3. The summed E-state index contributed by atoms with van der Waals surface area (Å²) in [4.78, 5) is 0. The molecule has 2 aromatic carbocycles. The molecule has 0 bridgehead atoms. The van der Waals surface area contributed by atoms with Crippen molar-refractivity contribution in [3.8, 4) is 17.0 Å². The summed E-state index contributed by atoms with van der Waals surface area (Å²) in [5.74, 6) is 0.566. The lowest BCUT2D eigenvalue weighted by atomic mass is 10.1. The molecular formula is C17H13ClF2N2O2. The molecule has 0 aliphatic carbocycles. The van der Waals surface area contributed by atoms with Crippen molar-refractivity contribution in [3.05, 3.63) is 53.1 Å². The summed E-state index contributed by atoms with van der Waals surface area (Å²) in [5, 5.41) is 8.72. The number of benzene rings is 2. The Labute approximate surface area is 142 Å². The van der Waals surface area contributed by atoms with E-state index in [9.17, 15) is 8.78 Å². The normalized spacial score (nSPS) is 11.2. The Hall–Kier alpha value is -2.31. The zero-order valence-electron chi connectivity index (χ0n) is 12.7. The Morgan fingerprint density at radius 1 is 1.12 bits per heavy atom. The Morgan fingerprint density at radius 3 is 2.67 bits per heavy atom. The summed E-state index contributed by atoms with van der Waals surface area (Å²) in [6.45, 7) is 0.0865. The quantitative estimate of drug-likeness (QED) is 0.616. The van der Waals surface area contributed by atoms with E-state index in [1.807, 2.05) is 18.2 Å². The highest BCUT2D eigenvalue weighted by Gasteiger charge is 2.15. The van der Waals surface area contributed by atoms with Crippen LogP contribution in [0, 0.1) is 0 Å². The number of hydrogen-bond donors (Lipinski definition) is 0. The molecule has 4 nitrogen and oxygen atoms in total. The largest absolute Gasteiger partial charge is 0.467 e. The van der Waals surface area contributed by atoms with Crippen molar-refractivity contribution in [3.63, 3.8) is 0 Å². The van der Waals surface area contributed by atoms with E-state index in [0.29, 0.717) is 27.9 Å². The molecule has 0 saturated carbocycles. The van der Waals surface area contributed by atoms with Crippen molar-refractivity contribution in [2.24, 2.45) is 0 Å². The molecule has 0 N–H and O–H groups in total. The van der Waals surface area contributed by atoms with E-state index in [0.717, 1.165) is 0 Å². The van der Waals surface area contributed by atoms with Crippen LogP contribution in [0.3, 0.4) is 0 Å². The van der Waals surface area contributed by atoms with Gasteiger partial charge in [0.05, 0.1) is 16.2 Å². The smallest absolute Gasteiger partial charge is 0.265 e. The van der Waals surface area contributed by atoms with E-state index < -0.39 is 6.43 Å². The number of para-hydroxylation sites is 1. The first-order valence-corrected chi connectivity index (χ1v) is 7.44. The van der Waals surface area contributed by atoms with Crippen LogP contribution in [0.2, 0.25) is 5.02 Å². The van der Waals surface area contributed by atoms with Crippen LogP contribution in [-0.2, 0) is 4.74 Å². The molecule has 3 rings (SSSR count). The Morgan fingerprint density at radius 2 is 1.92 bits per heavy atom. The van der Waals surface area contributed by atoms with Gasteiger partial charge in [-0.05, 0) is 30.3 Å². The number of fused-ring (bicyclic) bond motifs is 1. The van der Waals surface area contributed by atoms with Crippen molar-refractivity contribution < 1.29 is 18.3 Å². The number of nitrogens with zero attached hydrogens (tertiary/aromatic N) is 2. The third-order valence-electron chi connectivity index (χ3n) is 3.43. The minimum atomic E-state index is -2.66. The maximum atomic E-state index is 13.0. The van der Waals surface area contributed by atoms with E-state index in [4.69, 9.17) is 21.1 Å². The molecule has 1 aromatic heterocycles. The minimum absolute atomic E-state index is 0.0246. The average Bonchev–Trinajstić information content (AvgIpc) is 2.59. The fourth-order valence-electron chi connectivity index (χ4n) is 2.31. The molecule has 3 aromatic rings. The molecule has 0 aliphatic rings. The van der Waals surface area contributed by atoms with Gasteiger partial charge in [-0.3, -0.25) is 0 Å². The van der Waals surface area contributed by atoms with E-state index >= 15 is 0 Å². The van der Waals surface area contributed by atoms with E-state index in [2.05, 4.69) is 10.2 Å². The van der Waals surface area contributed by atoms with E-state index in [1.54, 1.807) is 12.1 Å². The first-order valence-electron chi connectivity index (χ1n) is 7.06. The molecule has 7 heteroatoms. The predicted molar refractivity (Wildman–Crippen MR) is 87.4 cm³/mol. The fraction of sp³-hybridized carbons (Fsp3) is 0.176. The average molecular weight is 351 g/mol. The lowest BCUT2D eigenvalue weighted by Gasteiger charge is -2.11. The van der Waals surface area contributed by atoms with Crippen molar-refractivity contribution in [1.29, 1.82) is 0 Å². The lowest BCUT2D eigenvalue weighted by Crippen LogP contribution is -2.01. The van der Waals surface area contributed by atoms with Gasteiger partial charge in [-0.25, -0.2) is 8.78 Å². The molecule has 0 saturated heterocycles. The molecule has 0 aliphatic heterocycles. The Bertz CT molecular complexity index is 874. The van der Waals surface area contributed by atoms with E-state index in [1.165, 1.54) is 19.2 Å². The molecule has 0 atom stereocenters.